The van der Waals surface area contributed by atoms with Crippen LogP contribution in [0.2, 0.25) is 0 Å². The normalized spacial score (nSPS) is 35.8. The molecule has 0 amide bonds. The predicted octanol–water partition coefficient (Wildman–Crippen LogP) is 4.09. The van der Waals surface area contributed by atoms with Crippen molar-refractivity contribution in [3.05, 3.63) is 42.6 Å². The summed E-state index contributed by atoms with van der Waals surface area (Å²) in [6.07, 6.45) is 16.7. The summed E-state index contributed by atoms with van der Waals surface area (Å²) >= 11 is 0. The first-order valence-corrected chi connectivity index (χ1v) is 7.25. The van der Waals surface area contributed by atoms with Crippen molar-refractivity contribution in [2.75, 3.05) is 0 Å². The first kappa shape index (κ1) is 11.8. The fourth-order valence-corrected chi connectivity index (χ4v) is 3.95. The Morgan fingerprint density at radius 3 is 2.72 bits per heavy atom. The molecule has 2 aliphatic carbocycles. The van der Waals surface area contributed by atoms with Crippen molar-refractivity contribution in [3.8, 4) is 0 Å². The summed E-state index contributed by atoms with van der Waals surface area (Å²) in [7, 11) is 0. The van der Waals surface area contributed by atoms with Gasteiger partial charge in [0.05, 0.1) is 12.9 Å². The minimum absolute atomic E-state index is 0.531. The fraction of sp³-hybridized carbons (Fsp3) is 0.529. The van der Waals surface area contributed by atoms with Crippen LogP contribution in [0.15, 0.2) is 36.6 Å². The Kier molecular flexibility index (Phi) is 3.15. The number of nitrogens with zero attached hydrogens (tertiary/aromatic N) is 1. The summed E-state index contributed by atoms with van der Waals surface area (Å²) < 4.78 is 2.03. The third-order valence-corrected chi connectivity index (χ3v) is 4.95. The van der Waals surface area contributed by atoms with Crippen LogP contribution in [0, 0.1) is 23.8 Å². The second kappa shape index (κ2) is 4.79. The molecule has 3 rings (SSSR count). The summed E-state index contributed by atoms with van der Waals surface area (Å²) in [4.78, 5) is 0. The minimum Gasteiger partial charge on any atom is -0.298 e. The van der Waals surface area contributed by atoms with Gasteiger partial charge in [-0.3, -0.25) is 4.58 Å². The van der Waals surface area contributed by atoms with E-state index in [1.54, 1.807) is 0 Å². The third-order valence-electron chi connectivity index (χ3n) is 4.95. The highest BCUT2D eigenvalue weighted by atomic mass is 15.0. The molecular weight excluding hydrogens is 218 g/mol. The zero-order chi connectivity index (χ0) is 12.5. The summed E-state index contributed by atoms with van der Waals surface area (Å²) in [6, 6.07) is 1.34. The van der Waals surface area contributed by atoms with E-state index in [2.05, 4.69) is 31.6 Å². The molecule has 1 heteroatoms. The molecule has 2 fully saturated rings. The Bertz CT molecular complexity index is 415. The van der Waals surface area contributed by atoms with E-state index in [0.29, 0.717) is 5.92 Å². The van der Waals surface area contributed by atoms with Gasteiger partial charge in [-0.15, -0.1) is 6.08 Å². The number of rotatable bonds is 1. The molecule has 0 bridgehead atoms. The third kappa shape index (κ3) is 2.07. The van der Waals surface area contributed by atoms with E-state index in [0.717, 1.165) is 11.8 Å². The van der Waals surface area contributed by atoms with Crippen molar-refractivity contribution in [1.29, 1.82) is 0 Å². The largest absolute Gasteiger partial charge is 0.298 e. The molecular formula is C17H23N. The van der Waals surface area contributed by atoms with E-state index in [1.165, 1.54) is 50.1 Å². The second-order valence-corrected chi connectivity index (χ2v) is 6.05. The Labute approximate surface area is 111 Å². The van der Waals surface area contributed by atoms with Crippen LogP contribution in [0.1, 0.15) is 38.5 Å². The second-order valence-electron chi connectivity index (χ2n) is 6.05. The molecule has 1 nitrogen and oxygen atoms in total. The summed E-state index contributed by atoms with van der Waals surface area (Å²) in [5.74, 6) is 2.38. The average Bonchev–Trinajstić information content (AvgIpc) is 2.39. The lowest BCUT2D eigenvalue weighted by Crippen LogP contribution is -2.34. The van der Waals surface area contributed by atoms with E-state index >= 15 is 0 Å². The number of hydrogen-bond acceptors (Lipinski definition) is 0. The SMILES string of the molecule is C=C1CC2CCCCC2CC1[C-]1C=CC=C[N+]1=C. The maximum Gasteiger partial charge on any atom is 0.106 e. The van der Waals surface area contributed by atoms with Crippen LogP contribution >= 0.6 is 0 Å². The van der Waals surface area contributed by atoms with Gasteiger partial charge >= 0.3 is 0 Å². The molecule has 0 N–H and O–H groups in total. The van der Waals surface area contributed by atoms with Crippen LogP contribution in [-0.2, 0) is 0 Å². The molecule has 3 aliphatic rings. The van der Waals surface area contributed by atoms with Gasteiger partial charge in [-0.1, -0.05) is 43.6 Å². The van der Waals surface area contributed by atoms with E-state index in [4.69, 9.17) is 0 Å². The van der Waals surface area contributed by atoms with Crippen LogP contribution in [0.3, 0.4) is 0 Å². The lowest BCUT2D eigenvalue weighted by molar-refractivity contribution is -0.434. The van der Waals surface area contributed by atoms with E-state index in [-0.39, 0.29) is 0 Å². The molecule has 0 aromatic rings. The molecule has 18 heavy (non-hydrogen) atoms. The summed E-state index contributed by atoms with van der Waals surface area (Å²) in [5, 5.41) is 0. The Balaban J connectivity index is 1.76. The van der Waals surface area contributed by atoms with Crippen molar-refractivity contribution in [2.45, 2.75) is 38.5 Å². The van der Waals surface area contributed by atoms with Crippen molar-refractivity contribution in [2.24, 2.45) is 17.8 Å². The Hall–Kier alpha value is -1.24. The molecule has 2 saturated carbocycles. The van der Waals surface area contributed by atoms with Crippen molar-refractivity contribution >= 4 is 6.72 Å². The monoisotopic (exact) mass is 241 g/mol. The van der Waals surface area contributed by atoms with E-state index in [9.17, 15) is 0 Å². The maximum atomic E-state index is 4.36. The standard InChI is InChI=1S/C17H23N/c1-13-11-14-7-3-4-8-15(14)12-16(13)17-9-5-6-10-18(17)2/h5-6,9-10,14-16H,1-4,7-8,11-12H2. The Morgan fingerprint density at radius 1 is 1.17 bits per heavy atom. The number of allylic oxidation sites excluding steroid dienone is 2. The van der Waals surface area contributed by atoms with Crippen LogP contribution in [0.5, 0.6) is 0 Å². The molecule has 3 unspecified atom stereocenters. The first-order valence-electron chi connectivity index (χ1n) is 7.25. The highest BCUT2D eigenvalue weighted by molar-refractivity contribution is 5.29. The van der Waals surface area contributed by atoms with Gasteiger partial charge in [0.2, 0.25) is 0 Å². The van der Waals surface area contributed by atoms with E-state index in [1.807, 2.05) is 10.7 Å². The van der Waals surface area contributed by atoms with E-state index < -0.39 is 0 Å². The van der Waals surface area contributed by atoms with Crippen molar-refractivity contribution in [1.82, 2.24) is 0 Å². The smallest absolute Gasteiger partial charge is 0.106 e. The zero-order valence-corrected chi connectivity index (χ0v) is 11.1. The molecule has 0 aromatic heterocycles. The minimum atomic E-state index is 0.531. The molecule has 1 aliphatic heterocycles. The van der Waals surface area contributed by atoms with Gasteiger partial charge in [0, 0.05) is 5.92 Å². The van der Waals surface area contributed by atoms with Crippen LogP contribution in [-0.4, -0.2) is 11.3 Å². The highest BCUT2D eigenvalue weighted by Gasteiger charge is 2.38. The molecule has 0 radical (unpaired) electrons. The lowest BCUT2D eigenvalue weighted by atomic mass is 9.64. The maximum absolute atomic E-state index is 4.36. The molecule has 0 saturated heterocycles. The molecule has 0 aromatic carbocycles. The van der Waals surface area contributed by atoms with Gasteiger partial charge < -0.3 is 0 Å². The lowest BCUT2D eigenvalue weighted by Gasteiger charge is -2.42. The van der Waals surface area contributed by atoms with Crippen LogP contribution < -0.4 is 0 Å². The number of hydrogen-bond donors (Lipinski definition) is 0. The quantitative estimate of drug-likeness (QED) is 0.369. The zero-order valence-electron chi connectivity index (χ0n) is 11.1. The van der Waals surface area contributed by atoms with Crippen LogP contribution in [0.4, 0.5) is 0 Å². The van der Waals surface area contributed by atoms with Gasteiger partial charge in [0.15, 0.2) is 0 Å². The predicted molar refractivity (Wildman–Crippen MR) is 76.2 cm³/mol. The van der Waals surface area contributed by atoms with Crippen molar-refractivity contribution in [3.63, 3.8) is 0 Å². The first-order chi connectivity index (χ1) is 8.75. The van der Waals surface area contributed by atoms with Gasteiger partial charge in [-0.2, -0.15) is 0 Å². The number of fused-ring (bicyclic) bond motifs is 1. The topological polar surface area (TPSA) is 3.01 Å². The van der Waals surface area contributed by atoms with Gasteiger partial charge in [0.1, 0.15) is 6.04 Å². The summed E-state index contributed by atoms with van der Waals surface area (Å²) in [6.45, 7) is 8.47. The fourth-order valence-electron chi connectivity index (χ4n) is 3.95. The average molecular weight is 241 g/mol. The van der Waals surface area contributed by atoms with Crippen LogP contribution in [0.25, 0.3) is 0 Å². The molecule has 3 atom stereocenters. The summed E-state index contributed by atoms with van der Waals surface area (Å²) in [5.41, 5.74) is 1.43. The molecule has 1 heterocycles. The molecule has 0 spiro atoms. The van der Waals surface area contributed by atoms with Gasteiger partial charge in [-0.25, -0.2) is 0 Å². The highest BCUT2D eigenvalue weighted by Crippen LogP contribution is 2.47. The van der Waals surface area contributed by atoms with Gasteiger partial charge in [0.25, 0.3) is 0 Å². The van der Waals surface area contributed by atoms with Crippen molar-refractivity contribution < 1.29 is 4.58 Å². The van der Waals surface area contributed by atoms with Gasteiger partial charge in [-0.05, 0) is 31.1 Å². The Morgan fingerprint density at radius 2 is 1.94 bits per heavy atom. The molecule has 96 valence electrons.